The van der Waals surface area contributed by atoms with Crippen molar-refractivity contribution in [2.24, 2.45) is 7.05 Å². The lowest BCUT2D eigenvalue weighted by molar-refractivity contribution is -0.115. The first-order valence-electron chi connectivity index (χ1n) is 9.38. The molecule has 0 atom stereocenters. The second-order valence-electron chi connectivity index (χ2n) is 7.23. The molecule has 2 aromatic heterocycles. The van der Waals surface area contributed by atoms with Crippen LogP contribution < -0.4 is 5.32 Å². The van der Waals surface area contributed by atoms with Crippen molar-refractivity contribution in [2.45, 2.75) is 46.0 Å². The van der Waals surface area contributed by atoms with E-state index in [9.17, 15) is 4.79 Å². The Morgan fingerprint density at radius 2 is 2.00 bits per heavy atom. The summed E-state index contributed by atoms with van der Waals surface area (Å²) in [4.78, 5) is 17.1. The van der Waals surface area contributed by atoms with E-state index in [1.165, 1.54) is 41.7 Å². The summed E-state index contributed by atoms with van der Waals surface area (Å²) in [7, 11) is 1.90. The molecule has 1 N–H and O–H groups in total. The van der Waals surface area contributed by atoms with Crippen LogP contribution in [0, 0.1) is 13.8 Å². The van der Waals surface area contributed by atoms with Gasteiger partial charge in [-0.2, -0.15) is 5.10 Å². The van der Waals surface area contributed by atoms with E-state index in [0.29, 0.717) is 11.6 Å². The highest BCUT2D eigenvalue weighted by atomic mass is 32.1. The fourth-order valence-corrected chi connectivity index (χ4v) is 4.49. The zero-order chi connectivity index (χ0) is 19.0. The van der Waals surface area contributed by atoms with Gasteiger partial charge in [-0.25, -0.2) is 4.98 Å². The lowest BCUT2D eigenvalue weighted by Gasteiger charge is -2.16. The third-order valence-corrected chi connectivity index (χ3v) is 6.15. The monoisotopic (exact) mass is 380 g/mol. The lowest BCUT2D eigenvalue weighted by Crippen LogP contribution is -2.15. The number of nitrogens with one attached hydrogen (secondary N) is 1. The summed E-state index contributed by atoms with van der Waals surface area (Å²) in [5.41, 5.74) is 7.89. The highest BCUT2D eigenvalue weighted by molar-refractivity contribution is 7.14. The maximum atomic E-state index is 12.5. The first-order valence-corrected chi connectivity index (χ1v) is 10.3. The van der Waals surface area contributed by atoms with Crippen molar-refractivity contribution < 1.29 is 4.79 Å². The van der Waals surface area contributed by atoms with Crippen LogP contribution in [0.2, 0.25) is 0 Å². The molecule has 0 aliphatic heterocycles. The van der Waals surface area contributed by atoms with Crippen molar-refractivity contribution in [2.75, 3.05) is 5.32 Å². The minimum Gasteiger partial charge on any atom is -0.302 e. The number of aryl methyl sites for hydroxylation is 4. The SMILES string of the molecule is Cc1nn(C)c(C)c1CC(=O)Nc1nc(-c2ccc3c(c2)CCCC3)cs1. The fraction of sp³-hybridized carbons (Fsp3) is 0.381. The van der Waals surface area contributed by atoms with Gasteiger partial charge in [0.1, 0.15) is 0 Å². The summed E-state index contributed by atoms with van der Waals surface area (Å²) in [6.45, 7) is 3.92. The van der Waals surface area contributed by atoms with Crippen LogP contribution in [0.5, 0.6) is 0 Å². The van der Waals surface area contributed by atoms with Crippen molar-refractivity contribution in [1.82, 2.24) is 14.8 Å². The number of fused-ring (bicyclic) bond motifs is 1. The number of anilines is 1. The van der Waals surface area contributed by atoms with E-state index in [4.69, 9.17) is 0 Å². The van der Waals surface area contributed by atoms with Crippen LogP contribution in [0.4, 0.5) is 5.13 Å². The first-order chi connectivity index (χ1) is 13.0. The number of aromatic nitrogens is 3. The number of hydrogen-bond donors (Lipinski definition) is 1. The molecule has 0 fully saturated rings. The Labute approximate surface area is 163 Å². The molecule has 27 heavy (non-hydrogen) atoms. The topological polar surface area (TPSA) is 59.8 Å². The van der Waals surface area contributed by atoms with Crippen LogP contribution in [0.3, 0.4) is 0 Å². The molecule has 1 aliphatic carbocycles. The lowest BCUT2D eigenvalue weighted by atomic mass is 9.90. The minimum atomic E-state index is -0.0551. The summed E-state index contributed by atoms with van der Waals surface area (Å²) >= 11 is 1.47. The maximum absolute atomic E-state index is 12.5. The predicted molar refractivity (Wildman–Crippen MR) is 109 cm³/mol. The molecule has 140 valence electrons. The molecule has 4 rings (SSSR count). The molecule has 0 unspecified atom stereocenters. The second kappa shape index (κ2) is 7.27. The molecule has 1 aromatic carbocycles. The Hall–Kier alpha value is -2.47. The molecule has 3 aromatic rings. The number of hydrogen-bond acceptors (Lipinski definition) is 4. The maximum Gasteiger partial charge on any atom is 0.230 e. The number of rotatable bonds is 4. The van der Waals surface area contributed by atoms with Crippen LogP contribution >= 0.6 is 11.3 Å². The van der Waals surface area contributed by atoms with Gasteiger partial charge < -0.3 is 5.32 Å². The van der Waals surface area contributed by atoms with Crippen LogP contribution in [-0.4, -0.2) is 20.7 Å². The quantitative estimate of drug-likeness (QED) is 0.737. The molecule has 1 amide bonds. The number of carbonyl (C=O) groups excluding carboxylic acids is 1. The molecule has 0 saturated heterocycles. The molecule has 0 radical (unpaired) electrons. The van der Waals surface area contributed by atoms with E-state index in [-0.39, 0.29) is 5.91 Å². The molecule has 5 nitrogen and oxygen atoms in total. The molecule has 0 bridgehead atoms. The summed E-state index contributed by atoms with van der Waals surface area (Å²) in [5, 5.41) is 9.97. The zero-order valence-electron chi connectivity index (χ0n) is 16.0. The van der Waals surface area contributed by atoms with Gasteiger partial charge in [0, 0.05) is 29.2 Å². The van der Waals surface area contributed by atoms with Gasteiger partial charge in [-0.3, -0.25) is 9.48 Å². The van der Waals surface area contributed by atoms with E-state index in [1.54, 1.807) is 0 Å². The minimum absolute atomic E-state index is 0.0551. The molecule has 1 aliphatic rings. The van der Waals surface area contributed by atoms with Gasteiger partial charge in [-0.15, -0.1) is 11.3 Å². The number of amides is 1. The van der Waals surface area contributed by atoms with Gasteiger partial charge in [0.05, 0.1) is 17.8 Å². The fourth-order valence-electron chi connectivity index (χ4n) is 3.75. The first kappa shape index (κ1) is 17.9. The van der Waals surface area contributed by atoms with Gasteiger partial charge in [0.25, 0.3) is 0 Å². The Morgan fingerprint density at radius 1 is 1.22 bits per heavy atom. The van der Waals surface area contributed by atoms with Crippen molar-refractivity contribution in [3.63, 3.8) is 0 Å². The normalized spacial score (nSPS) is 13.4. The number of carbonyl (C=O) groups is 1. The highest BCUT2D eigenvalue weighted by Crippen LogP contribution is 2.29. The van der Waals surface area contributed by atoms with E-state index < -0.39 is 0 Å². The van der Waals surface area contributed by atoms with E-state index in [0.717, 1.165) is 34.6 Å². The second-order valence-corrected chi connectivity index (χ2v) is 8.08. The Balaban J connectivity index is 1.47. The largest absolute Gasteiger partial charge is 0.302 e. The molecule has 0 saturated carbocycles. The van der Waals surface area contributed by atoms with Crippen molar-refractivity contribution in [3.05, 3.63) is 51.7 Å². The van der Waals surface area contributed by atoms with Crippen LogP contribution in [0.1, 0.15) is 40.9 Å². The Bertz CT molecular complexity index is 1000. The van der Waals surface area contributed by atoms with Gasteiger partial charge in [0.15, 0.2) is 5.13 Å². The van der Waals surface area contributed by atoms with Crippen molar-refractivity contribution in [1.29, 1.82) is 0 Å². The molecular weight excluding hydrogens is 356 g/mol. The van der Waals surface area contributed by atoms with E-state index in [2.05, 4.69) is 33.6 Å². The zero-order valence-corrected chi connectivity index (χ0v) is 16.8. The summed E-state index contributed by atoms with van der Waals surface area (Å²) in [5.74, 6) is -0.0551. The van der Waals surface area contributed by atoms with Crippen LogP contribution in [0.25, 0.3) is 11.3 Å². The molecule has 6 heteroatoms. The van der Waals surface area contributed by atoms with Gasteiger partial charge in [-0.1, -0.05) is 12.1 Å². The summed E-state index contributed by atoms with van der Waals surface area (Å²) < 4.78 is 1.82. The summed E-state index contributed by atoms with van der Waals surface area (Å²) in [6.07, 6.45) is 5.21. The number of benzene rings is 1. The number of thiazole rings is 1. The van der Waals surface area contributed by atoms with Crippen LogP contribution in [-0.2, 0) is 31.1 Å². The van der Waals surface area contributed by atoms with E-state index in [1.807, 2.05) is 31.0 Å². The average molecular weight is 381 g/mol. The third kappa shape index (κ3) is 3.67. The van der Waals surface area contributed by atoms with Gasteiger partial charge in [0.2, 0.25) is 5.91 Å². The van der Waals surface area contributed by atoms with Crippen LogP contribution in [0.15, 0.2) is 23.6 Å². The molecule has 2 heterocycles. The third-order valence-electron chi connectivity index (χ3n) is 5.39. The predicted octanol–water partition coefficient (Wildman–Crippen LogP) is 4.22. The molecule has 0 spiro atoms. The average Bonchev–Trinajstić information content (AvgIpc) is 3.21. The number of nitrogens with zero attached hydrogens (tertiary/aromatic N) is 3. The summed E-state index contributed by atoms with van der Waals surface area (Å²) in [6, 6.07) is 6.64. The van der Waals surface area contributed by atoms with Crippen molar-refractivity contribution >= 4 is 22.4 Å². The Morgan fingerprint density at radius 3 is 2.74 bits per heavy atom. The van der Waals surface area contributed by atoms with E-state index >= 15 is 0 Å². The smallest absolute Gasteiger partial charge is 0.230 e. The van der Waals surface area contributed by atoms with Gasteiger partial charge >= 0.3 is 0 Å². The van der Waals surface area contributed by atoms with Crippen molar-refractivity contribution in [3.8, 4) is 11.3 Å². The highest BCUT2D eigenvalue weighted by Gasteiger charge is 2.16. The molecular formula is C21H24N4OS. The Kier molecular flexibility index (Phi) is 4.83. The standard InChI is InChI=1S/C21H24N4OS/c1-13-18(14(2)25(3)24-13)11-20(26)23-21-22-19(12-27-21)17-9-8-15-6-4-5-7-16(15)10-17/h8-10,12H,4-7,11H2,1-3H3,(H,22,23,26). The van der Waals surface area contributed by atoms with Gasteiger partial charge in [-0.05, 0) is 56.7 Å².